The van der Waals surface area contributed by atoms with E-state index in [9.17, 15) is 9.59 Å². The number of rotatable bonds is 2. The van der Waals surface area contributed by atoms with E-state index in [4.69, 9.17) is 10.2 Å². The van der Waals surface area contributed by atoms with Crippen LogP contribution in [-0.4, -0.2) is 22.2 Å². The van der Waals surface area contributed by atoms with Crippen LogP contribution in [0.3, 0.4) is 0 Å². The number of hydrogen-bond acceptors (Lipinski definition) is 2. The Morgan fingerprint density at radius 1 is 1.00 bits per heavy atom. The van der Waals surface area contributed by atoms with Crippen molar-refractivity contribution in [3.05, 3.63) is 0 Å². The Morgan fingerprint density at radius 2 is 1.09 bits per heavy atom. The lowest BCUT2D eigenvalue weighted by molar-refractivity contribution is -0.137. The molecule has 0 heterocycles. The molecule has 0 saturated carbocycles. The van der Waals surface area contributed by atoms with Gasteiger partial charge >= 0.3 is 11.9 Å². The largest absolute Gasteiger partial charge is 0.481 e. The van der Waals surface area contributed by atoms with Crippen LogP contribution in [0.5, 0.6) is 0 Å². The highest BCUT2D eigenvalue weighted by Gasteiger charge is 1.81. The smallest absolute Gasteiger partial charge is 0.303 e. The molecule has 0 aliphatic carbocycles. The van der Waals surface area contributed by atoms with Crippen molar-refractivity contribution in [2.45, 2.75) is 34.1 Å². The molecule has 2 N–H and O–H groups in total. The summed E-state index contributed by atoms with van der Waals surface area (Å²) in [5.41, 5.74) is 0. The number of carboxylic acids is 2. The van der Waals surface area contributed by atoms with Gasteiger partial charge in [-0.25, -0.2) is 0 Å². The van der Waals surface area contributed by atoms with Crippen LogP contribution in [0.1, 0.15) is 34.1 Å². The first-order chi connectivity index (χ1) is 4.54. The molecule has 11 heavy (non-hydrogen) atoms. The molecule has 0 radical (unpaired) electrons. The van der Waals surface area contributed by atoms with Gasteiger partial charge < -0.3 is 10.2 Å². The monoisotopic (exact) mass is 164 g/mol. The molecule has 0 saturated heterocycles. The first kappa shape index (κ1) is 16.5. The molecule has 0 aromatic carbocycles. The fourth-order valence-electron chi connectivity index (χ4n) is 0. The molecule has 0 fully saturated rings. The SMILES string of the molecule is C.CCC(=O)O.CCC(=O)O. The number of hydrogen-bond donors (Lipinski definition) is 2. The summed E-state index contributed by atoms with van der Waals surface area (Å²) in [6.07, 6.45) is 0.444. The van der Waals surface area contributed by atoms with Gasteiger partial charge in [-0.3, -0.25) is 9.59 Å². The lowest BCUT2D eigenvalue weighted by Gasteiger charge is -1.71. The van der Waals surface area contributed by atoms with Crippen LogP contribution in [0.4, 0.5) is 0 Å². The summed E-state index contributed by atoms with van der Waals surface area (Å²) in [4.78, 5) is 18.7. The summed E-state index contributed by atoms with van der Waals surface area (Å²) >= 11 is 0. The van der Waals surface area contributed by atoms with Crippen molar-refractivity contribution in [3.8, 4) is 0 Å². The van der Waals surface area contributed by atoms with Gasteiger partial charge in [0, 0.05) is 12.8 Å². The van der Waals surface area contributed by atoms with Gasteiger partial charge in [-0.1, -0.05) is 21.3 Å². The fraction of sp³-hybridized carbons (Fsp3) is 0.714. The summed E-state index contributed by atoms with van der Waals surface area (Å²) < 4.78 is 0. The van der Waals surface area contributed by atoms with Gasteiger partial charge in [0.1, 0.15) is 0 Å². The van der Waals surface area contributed by atoms with Crippen molar-refractivity contribution in [1.29, 1.82) is 0 Å². The molecule has 4 heteroatoms. The minimum Gasteiger partial charge on any atom is -0.481 e. The predicted octanol–water partition coefficient (Wildman–Crippen LogP) is 1.60. The first-order valence-corrected chi connectivity index (χ1v) is 2.98. The molecular formula is C7H16O4. The van der Waals surface area contributed by atoms with E-state index >= 15 is 0 Å². The lowest BCUT2D eigenvalue weighted by atomic mass is 10.5. The van der Waals surface area contributed by atoms with Crippen molar-refractivity contribution < 1.29 is 19.8 Å². The summed E-state index contributed by atoms with van der Waals surface area (Å²) in [7, 11) is 0. The molecule has 0 atom stereocenters. The number of carbonyl (C=O) groups is 2. The summed E-state index contributed by atoms with van der Waals surface area (Å²) in [6, 6.07) is 0. The van der Waals surface area contributed by atoms with Crippen LogP contribution in [-0.2, 0) is 9.59 Å². The predicted molar refractivity (Wildman–Crippen MR) is 42.6 cm³/mol. The third-order valence-corrected chi connectivity index (χ3v) is 0.605. The van der Waals surface area contributed by atoms with Gasteiger partial charge in [-0.15, -0.1) is 0 Å². The molecule has 4 nitrogen and oxygen atoms in total. The van der Waals surface area contributed by atoms with E-state index in [0.29, 0.717) is 0 Å². The second kappa shape index (κ2) is 11.7. The third-order valence-electron chi connectivity index (χ3n) is 0.605. The van der Waals surface area contributed by atoms with Gasteiger partial charge in [0.25, 0.3) is 0 Å². The van der Waals surface area contributed by atoms with E-state index in [1.807, 2.05) is 0 Å². The Labute approximate surface area is 66.9 Å². The zero-order valence-corrected chi connectivity index (χ0v) is 6.13. The highest BCUT2D eigenvalue weighted by Crippen LogP contribution is 1.67. The lowest BCUT2D eigenvalue weighted by Crippen LogP contribution is -1.86. The van der Waals surface area contributed by atoms with Gasteiger partial charge in [0.2, 0.25) is 0 Å². The van der Waals surface area contributed by atoms with Crippen LogP contribution in [0.15, 0.2) is 0 Å². The number of carboxylic acid groups (broad SMARTS) is 2. The molecular weight excluding hydrogens is 148 g/mol. The van der Waals surface area contributed by atoms with Crippen molar-refractivity contribution in [3.63, 3.8) is 0 Å². The maximum absolute atomic E-state index is 9.37. The summed E-state index contributed by atoms with van der Waals surface area (Å²) in [5.74, 6) is -1.49. The molecule has 0 aromatic rings. The van der Waals surface area contributed by atoms with E-state index < -0.39 is 11.9 Å². The summed E-state index contributed by atoms with van der Waals surface area (Å²) in [6.45, 7) is 3.20. The van der Waals surface area contributed by atoms with Crippen LogP contribution in [0.25, 0.3) is 0 Å². The molecule has 0 unspecified atom stereocenters. The maximum Gasteiger partial charge on any atom is 0.303 e. The summed E-state index contributed by atoms with van der Waals surface area (Å²) in [5, 5.41) is 15.4. The van der Waals surface area contributed by atoms with Crippen LogP contribution in [0, 0.1) is 0 Å². The highest BCUT2D eigenvalue weighted by molar-refractivity contribution is 5.66. The molecule has 0 aliphatic heterocycles. The van der Waals surface area contributed by atoms with E-state index in [-0.39, 0.29) is 20.3 Å². The highest BCUT2D eigenvalue weighted by atomic mass is 16.4. The fourth-order valence-corrected chi connectivity index (χ4v) is 0. The average Bonchev–Trinajstić information content (AvgIpc) is 1.89. The molecule has 0 bridgehead atoms. The van der Waals surface area contributed by atoms with Gasteiger partial charge in [-0.05, 0) is 0 Å². The number of aliphatic carboxylic acids is 2. The van der Waals surface area contributed by atoms with E-state index in [1.165, 1.54) is 0 Å². The molecule has 0 amide bonds. The van der Waals surface area contributed by atoms with Crippen molar-refractivity contribution in [2.24, 2.45) is 0 Å². The minimum absolute atomic E-state index is 0. The first-order valence-electron chi connectivity index (χ1n) is 2.98. The van der Waals surface area contributed by atoms with E-state index in [2.05, 4.69) is 0 Å². The van der Waals surface area contributed by atoms with Gasteiger partial charge in [0.15, 0.2) is 0 Å². The Balaban J connectivity index is -0.000000107. The van der Waals surface area contributed by atoms with E-state index in [1.54, 1.807) is 13.8 Å². The standard InChI is InChI=1S/2C3H6O2.CH4/c2*1-2-3(4)5;/h2*2H2,1H3,(H,4,5);1H4. The Bertz CT molecular complexity index is 95.0. The topological polar surface area (TPSA) is 74.6 Å². The van der Waals surface area contributed by atoms with Gasteiger partial charge in [0.05, 0.1) is 0 Å². The Hall–Kier alpha value is -1.06. The maximum atomic E-state index is 9.37. The zero-order valence-electron chi connectivity index (χ0n) is 6.13. The Kier molecular flexibility index (Phi) is 17.5. The van der Waals surface area contributed by atoms with Crippen LogP contribution < -0.4 is 0 Å². The zero-order chi connectivity index (χ0) is 8.57. The van der Waals surface area contributed by atoms with Crippen molar-refractivity contribution in [1.82, 2.24) is 0 Å². The van der Waals surface area contributed by atoms with Crippen LogP contribution in [0.2, 0.25) is 0 Å². The van der Waals surface area contributed by atoms with Crippen molar-refractivity contribution >= 4 is 11.9 Å². The second-order valence-electron chi connectivity index (χ2n) is 1.49. The van der Waals surface area contributed by atoms with Crippen molar-refractivity contribution in [2.75, 3.05) is 0 Å². The Morgan fingerprint density at radius 3 is 1.09 bits per heavy atom. The second-order valence-corrected chi connectivity index (χ2v) is 1.49. The molecule has 0 rings (SSSR count). The minimum atomic E-state index is -0.745. The molecule has 0 aliphatic rings. The third kappa shape index (κ3) is 49.8. The molecule has 68 valence electrons. The molecule has 0 aromatic heterocycles. The average molecular weight is 164 g/mol. The van der Waals surface area contributed by atoms with E-state index in [0.717, 1.165) is 0 Å². The molecule has 0 spiro atoms. The normalized spacial score (nSPS) is 6.73. The quantitative estimate of drug-likeness (QED) is 0.650. The van der Waals surface area contributed by atoms with Gasteiger partial charge in [-0.2, -0.15) is 0 Å². The van der Waals surface area contributed by atoms with Crippen LogP contribution >= 0.6 is 0 Å².